The van der Waals surface area contributed by atoms with Crippen molar-refractivity contribution in [3.05, 3.63) is 53.1 Å². The summed E-state index contributed by atoms with van der Waals surface area (Å²) in [6, 6.07) is 9.86. The number of alkyl halides is 3. The van der Waals surface area contributed by atoms with Gasteiger partial charge in [-0.1, -0.05) is 17.7 Å². The summed E-state index contributed by atoms with van der Waals surface area (Å²) in [5.41, 5.74) is -0.544. The zero-order chi connectivity index (χ0) is 21.6. The van der Waals surface area contributed by atoms with E-state index in [9.17, 15) is 22.8 Å². The van der Waals surface area contributed by atoms with Crippen LogP contribution in [0.1, 0.15) is 5.56 Å². The Balaban J connectivity index is 1.89. The molecule has 29 heavy (non-hydrogen) atoms. The third kappa shape index (κ3) is 6.95. The monoisotopic (exact) mass is 429 g/mol. The van der Waals surface area contributed by atoms with Gasteiger partial charge in [0.25, 0.3) is 0 Å². The van der Waals surface area contributed by atoms with Gasteiger partial charge in [-0.15, -0.1) is 0 Å². The molecule has 0 unspecified atom stereocenters. The van der Waals surface area contributed by atoms with Crippen LogP contribution in [0, 0.1) is 0 Å². The molecule has 2 aromatic rings. The van der Waals surface area contributed by atoms with E-state index < -0.39 is 22.7 Å². The van der Waals surface area contributed by atoms with Gasteiger partial charge in [0, 0.05) is 17.4 Å². The molecular formula is C19H19ClF3N3O3. The molecule has 0 radical (unpaired) electrons. The number of halogens is 4. The Morgan fingerprint density at radius 2 is 1.62 bits per heavy atom. The Hall–Kier alpha value is -2.78. The number of rotatable bonds is 7. The molecule has 0 aliphatic heterocycles. The van der Waals surface area contributed by atoms with Crippen LogP contribution in [0.4, 0.5) is 24.5 Å². The fourth-order valence-corrected chi connectivity index (χ4v) is 2.69. The summed E-state index contributed by atoms with van der Waals surface area (Å²) in [4.78, 5) is 25.6. The van der Waals surface area contributed by atoms with Crippen molar-refractivity contribution in [3.63, 3.8) is 0 Å². The second-order valence-corrected chi connectivity index (χ2v) is 6.60. The van der Waals surface area contributed by atoms with E-state index >= 15 is 0 Å². The van der Waals surface area contributed by atoms with Gasteiger partial charge < -0.3 is 15.4 Å². The first-order valence-corrected chi connectivity index (χ1v) is 8.75. The lowest BCUT2D eigenvalue weighted by Gasteiger charge is -2.17. The highest BCUT2D eigenvalue weighted by Crippen LogP contribution is 2.36. The highest BCUT2D eigenvalue weighted by molar-refractivity contribution is 6.31. The molecule has 2 rings (SSSR count). The Labute approximate surface area is 170 Å². The van der Waals surface area contributed by atoms with Gasteiger partial charge in [0.2, 0.25) is 11.8 Å². The standard InChI is InChI=1S/C19H19ClF3N3O3/c1-26(10-17(27)24-12-4-3-5-14(8-12)29-2)11-18(28)25-13-6-7-16(20)15(9-13)19(21,22)23/h3-9H,10-11H2,1-2H3,(H,24,27)(H,25,28). The van der Waals surface area contributed by atoms with Crippen molar-refractivity contribution in [2.75, 3.05) is 37.9 Å². The fourth-order valence-electron chi connectivity index (χ4n) is 2.47. The lowest BCUT2D eigenvalue weighted by atomic mass is 10.2. The summed E-state index contributed by atoms with van der Waals surface area (Å²) in [5.74, 6) is -0.353. The molecule has 0 aliphatic rings. The van der Waals surface area contributed by atoms with Gasteiger partial charge in [0.15, 0.2) is 0 Å². The predicted octanol–water partition coefficient (Wildman–Crippen LogP) is 3.88. The second kappa shape index (κ2) is 9.62. The van der Waals surface area contributed by atoms with E-state index in [1.165, 1.54) is 25.1 Å². The number of hydrogen-bond donors (Lipinski definition) is 2. The third-order valence-electron chi connectivity index (χ3n) is 3.74. The average Bonchev–Trinajstić information content (AvgIpc) is 2.62. The number of methoxy groups -OCH3 is 1. The van der Waals surface area contributed by atoms with Crippen LogP contribution >= 0.6 is 11.6 Å². The summed E-state index contributed by atoms with van der Waals surface area (Å²) >= 11 is 5.55. The predicted molar refractivity (Wildman–Crippen MR) is 104 cm³/mol. The minimum absolute atomic E-state index is 0.0408. The van der Waals surface area contributed by atoms with Crippen molar-refractivity contribution >= 4 is 34.8 Å². The molecule has 2 aromatic carbocycles. The Bertz CT molecular complexity index is 890. The summed E-state index contributed by atoms with van der Waals surface area (Å²) in [6.45, 7) is -0.297. The maximum absolute atomic E-state index is 12.9. The summed E-state index contributed by atoms with van der Waals surface area (Å²) in [5, 5.41) is 4.58. The van der Waals surface area contributed by atoms with Crippen LogP contribution in [0.3, 0.4) is 0 Å². The molecule has 2 N–H and O–H groups in total. The fraction of sp³-hybridized carbons (Fsp3) is 0.263. The van der Waals surface area contributed by atoms with E-state index in [1.807, 2.05) is 0 Å². The number of nitrogens with one attached hydrogen (secondary N) is 2. The van der Waals surface area contributed by atoms with Gasteiger partial charge in [-0.3, -0.25) is 14.5 Å². The smallest absolute Gasteiger partial charge is 0.417 e. The quantitative estimate of drug-likeness (QED) is 0.701. The van der Waals surface area contributed by atoms with Crippen LogP contribution in [0.5, 0.6) is 5.75 Å². The Morgan fingerprint density at radius 1 is 1.03 bits per heavy atom. The van der Waals surface area contributed by atoms with Crippen LogP contribution in [0.25, 0.3) is 0 Å². The van der Waals surface area contributed by atoms with E-state index in [-0.39, 0.29) is 24.7 Å². The van der Waals surface area contributed by atoms with E-state index in [4.69, 9.17) is 16.3 Å². The van der Waals surface area contributed by atoms with Gasteiger partial charge in [0.1, 0.15) is 5.75 Å². The van der Waals surface area contributed by atoms with Gasteiger partial charge >= 0.3 is 6.18 Å². The molecule has 2 amide bonds. The molecular weight excluding hydrogens is 411 g/mol. The summed E-state index contributed by atoms with van der Waals surface area (Å²) in [6.07, 6.45) is -4.63. The zero-order valence-corrected chi connectivity index (χ0v) is 16.4. The molecule has 0 saturated heterocycles. The van der Waals surface area contributed by atoms with E-state index in [0.717, 1.165) is 12.1 Å². The number of carbonyl (C=O) groups excluding carboxylic acids is 2. The molecule has 0 spiro atoms. The SMILES string of the molecule is COc1cccc(NC(=O)CN(C)CC(=O)Nc2ccc(Cl)c(C(F)(F)F)c2)c1. The molecule has 0 atom stereocenters. The largest absolute Gasteiger partial charge is 0.497 e. The highest BCUT2D eigenvalue weighted by atomic mass is 35.5. The van der Waals surface area contributed by atoms with E-state index in [2.05, 4.69) is 10.6 Å². The third-order valence-corrected chi connectivity index (χ3v) is 4.07. The number of amides is 2. The molecule has 0 aromatic heterocycles. The Morgan fingerprint density at radius 3 is 2.17 bits per heavy atom. The average molecular weight is 430 g/mol. The minimum atomic E-state index is -4.63. The van der Waals surface area contributed by atoms with Crippen molar-refractivity contribution in [2.24, 2.45) is 0 Å². The van der Waals surface area contributed by atoms with Gasteiger partial charge in [-0.05, 0) is 37.4 Å². The molecule has 10 heteroatoms. The first-order valence-electron chi connectivity index (χ1n) is 8.37. The number of benzene rings is 2. The number of carbonyl (C=O) groups is 2. The van der Waals surface area contributed by atoms with Crippen molar-refractivity contribution in [2.45, 2.75) is 6.18 Å². The zero-order valence-electron chi connectivity index (χ0n) is 15.6. The van der Waals surface area contributed by atoms with Crippen LogP contribution in [-0.2, 0) is 15.8 Å². The van der Waals surface area contributed by atoms with Gasteiger partial charge in [-0.2, -0.15) is 13.2 Å². The van der Waals surface area contributed by atoms with Crippen molar-refractivity contribution in [3.8, 4) is 5.75 Å². The summed E-state index contributed by atoms with van der Waals surface area (Å²) < 4.78 is 43.7. The second-order valence-electron chi connectivity index (χ2n) is 6.19. The van der Waals surface area contributed by atoms with Gasteiger partial charge in [-0.25, -0.2) is 0 Å². The molecule has 0 aliphatic carbocycles. The van der Waals surface area contributed by atoms with Crippen LogP contribution in [0.15, 0.2) is 42.5 Å². The topological polar surface area (TPSA) is 70.7 Å². The lowest BCUT2D eigenvalue weighted by molar-refractivity contribution is -0.137. The van der Waals surface area contributed by atoms with Crippen molar-refractivity contribution in [1.82, 2.24) is 4.90 Å². The molecule has 0 saturated carbocycles. The van der Waals surface area contributed by atoms with E-state index in [1.54, 1.807) is 24.3 Å². The molecule has 0 heterocycles. The minimum Gasteiger partial charge on any atom is -0.497 e. The van der Waals surface area contributed by atoms with Crippen LogP contribution in [0.2, 0.25) is 5.02 Å². The van der Waals surface area contributed by atoms with Crippen molar-refractivity contribution in [1.29, 1.82) is 0 Å². The first-order chi connectivity index (χ1) is 13.6. The van der Waals surface area contributed by atoms with Gasteiger partial charge in [0.05, 0.1) is 30.8 Å². The molecule has 156 valence electrons. The number of hydrogen-bond acceptors (Lipinski definition) is 4. The normalized spacial score (nSPS) is 11.3. The first kappa shape index (κ1) is 22.5. The number of nitrogens with zero attached hydrogens (tertiary/aromatic N) is 1. The lowest BCUT2D eigenvalue weighted by Crippen LogP contribution is -2.36. The van der Waals surface area contributed by atoms with Crippen LogP contribution in [-0.4, -0.2) is 44.0 Å². The maximum Gasteiger partial charge on any atom is 0.417 e. The molecule has 0 fully saturated rings. The molecule has 0 bridgehead atoms. The number of likely N-dealkylation sites (N-methyl/N-ethyl adjacent to an activating group) is 1. The number of anilines is 2. The maximum atomic E-state index is 12.9. The Kier molecular flexibility index (Phi) is 7.46. The van der Waals surface area contributed by atoms with Crippen LogP contribution < -0.4 is 15.4 Å². The van der Waals surface area contributed by atoms with Crippen molar-refractivity contribution < 1.29 is 27.5 Å². The number of ether oxygens (including phenoxy) is 1. The highest BCUT2D eigenvalue weighted by Gasteiger charge is 2.33. The summed E-state index contributed by atoms with van der Waals surface area (Å²) in [7, 11) is 3.04. The van der Waals surface area contributed by atoms with E-state index in [0.29, 0.717) is 11.4 Å². The molecule has 6 nitrogen and oxygen atoms in total.